The van der Waals surface area contributed by atoms with E-state index in [-0.39, 0.29) is 34.4 Å². The van der Waals surface area contributed by atoms with Gasteiger partial charge in [-0.3, -0.25) is 0 Å². The molecule has 0 aromatic heterocycles. The normalized spacial score (nSPS) is 10.2. The predicted octanol–water partition coefficient (Wildman–Crippen LogP) is 7.35. The molecule has 240 valence electrons. The Kier molecular flexibility index (Phi) is 12.3. The van der Waals surface area contributed by atoms with Crippen LogP contribution in [0.1, 0.15) is 5.56 Å². The highest BCUT2D eigenvalue weighted by Gasteiger charge is 2.09. The average molecular weight is 663 g/mol. The van der Waals surface area contributed by atoms with E-state index in [0.717, 1.165) is 27.1 Å². The van der Waals surface area contributed by atoms with E-state index in [1.165, 1.54) is 30.3 Å². The number of phenols is 5. The molecule has 0 radical (unpaired) electrons. The standard InChI is InChI=1S/2C10H9NO2S.C7H9NO.C6H7NO2/c2*11-10-7-4-2-1-3-6(7)9(14-13)5-8(10)12;1-5-2-3-7(9)6(8)4-5;7-5-2-1-4(8)3-6(5)9/h2*1-5,12-13H,11H2;2-4,9H,8H2,1H3;1-3,8-9H,7H2. The van der Waals surface area contributed by atoms with Crippen molar-refractivity contribution in [1.82, 2.24) is 0 Å². The van der Waals surface area contributed by atoms with Gasteiger partial charge in [-0.25, -0.2) is 0 Å². The molecule has 0 saturated carbocycles. The highest BCUT2D eigenvalue weighted by Crippen LogP contribution is 2.37. The number of aromatic hydroxyl groups is 5. The molecule has 15 N–H and O–H groups in total. The van der Waals surface area contributed by atoms with Crippen LogP contribution >= 0.6 is 24.1 Å². The third-order valence-corrected chi connectivity index (χ3v) is 7.52. The van der Waals surface area contributed by atoms with Crippen molar-refractivity contribution in [3.05, 3.63) is 103 Å². The summed E-state index contributed by atoms with van der Waals surface area (Å²) >= 11 is 1.21. The number of fused-ring (bicyclic) bond motifs is 2. The van der Waals surface area contributed by atoms with E-state index in [4.69, 9.17) is 47.4 Å². The zero-order chi connectivity index (χ0) is 34.0. The molecule has 0 aliphatic heterocycles. The SMILES string of the molecule is Cc1ccc(O)c(N)c1.Nc1c(O)cc(SO)c2ccccc12.Nc1c(O)cc(SO)c2ccccc12.Nc1ccc(O)cc1O. The van der Waals surface area contributed by atoms with Gasteiger partial charge in [-0.2, -0.15) is 0 Å². The van der Waals surface area contributed by atoms with Gasteiger partial charge in [0.2, 0.25) is 0 Å². The van der Waals surface area contributed by atoms with E-state index in [1.807, 2.05) is 61.5 Å². The summed E-state index contributed by atoms with van der Waals surface area (Å²) < 4.78 is 18.0. The summed E-state index contributed by atoms with van der Waals surface area (Å²) in [7, 11) is 0. The monoisotopic (exact) mass is 662 g/mol. The summed E-state index contributed by atoms with van der Waals surface area (Å²) in [4.78, 5) is 1.21. The van der Waals surface area contributed by atoms with Crippen LogP contribution in [0.15, 0.2) is 107 Å². The molecular weight excluding hydrogens is 629 g/mol. The maximum atomic E-state index is 9.48. The molecule has 0 fully saturated rings. The molecule has 0 bridgehead atoms. The summed E-state index contributed by atoms with van der Waals surface area (Å²) in [6.45, 7) is 1.93. The first kappa shape index (κ1) is 35.1. The second-order valence-corrected chi connectivity index (χ2v) is 10.9. The maximum absolute atomic E-state index is 9.48. The van der Waals surface area contributed by atoms with Crippen LogP contribution in [-0.4, -0.2) is 34.6 Å². The lowest BCUT2D eigenvalue weighted by Crippen LogP contribution is -1.89. The van der Waals surface area contributed by atoms with Crippen LogP contribution in [0.4, 0.5) is 22.7 Å². The van der Waals surface area contributed by atoms with Crippen molar-refractivity contribution in [2.45, 2.75) is 16.7 Å². The van der Waals surface area contributed by atoms with Crippen LogP contribution in [0.5, 0.6) is 28.7 Å². The van der Waals surface area contributed by atoms with Crippen LogP contribution in [-0.2, 0) is 0 Å². The van der Waals surface area contributed by atoms with Crippen molar-refractivity contribution in [3.8, 4) is 28.7 Å². The summed E-state index contributed by atoms with van der Waals surface area (Å²) in [5, 5.41) is 48.6. The Labute approximate surface area is 273 Å². The number of hydrogen-bond donors (Lipinski definition) is 11. The fraction of sp³-hybridized carbons (Fsp3) is 0.0303. The van der Waals surface area contributed by atoms with Gasteiger partial charge in [-0.1, -0.05) is 54.6 Å². The Bertz CT molecular complexity index is 1820. The fourth-order valence-electron chi connectivity index (χ4n) is 4.06. The van der Waals surface area contributed by atoms with Gasteiger partial charge in [0.15, 0.2) is 0 Å². The minimum atomic E-state index is -0.0880. The first-order chi connectivity index (χ1) is 21.9. The number of aryl methyl sites for hydroxylation is 1. The molecule has 6 aromatic rings. The van der Waals surface area contributed by atoms with E-state index in [2.05, 4.69) is 0 Å². The van der Waals surface area contributed by atoms with E-state index in [1.54, 1.807) is 12.1 Å². The Balaban J connectivity index is 0.000000171. The summed E-state index contributed by atoms with van der Waals surface area (Å²) in [6, 6.07) is 26.8. The zero-order valence-electron chi connectivity index (χ0n) is 24.5. The molecule has 0 saturated heterocycles. The topological polar surface area (TPSA) is 246 Å². The first-order valence-corrected chi connectivity index (χ1v) is 14.9. The van der Waals surface area contributed by atoms with Gasteiger partial charge in [0.05, 0.1) is 22.7 Å². The highest BCUT2D eigenvalue weighted by atomic mass is 32.2. The minimum Gasteiger partial charge on any atom is -0.508 e. The van der Waals surface area contributed by atoms with Crippen LogP contribution < -0.4 is 22.9 Å². The Morgan fingerprint density at radius 3 is 1.28 bits per heavy atom. The van der Waals surface area contributed by atoms with Crippen LogP contribution in [0.3, 0.4) is 0 Å². The molecule has 6 aromatic carbocycles. The number of nitrogens with two attached hydrogens (primary N) is 4. The Morgan fingerprint density at radius 1 is 0.457 bits per heavy atom. The number of nitrogen functional groups attached to an aromatic ring is 4. The van der Waals surface area contributed by atoms with Gasteiger partial charge < -0.3 is 57.6 Å². The van der Waals surface area contributed by atoms with Crippen molar-refractivity contribution in [2.24, 2.45) is 0 Å². The summed E-state index contributed by atoms with van der Waals surface area (Å²) in [6.07, 6.45) is 0. The molecule has 6 rings (SSSR count). The predicted molar refractivity (Wildman–Crippen MR) is 188 cm³/mol. The maximum Gasteiger partial charge on any atom is 0.142 e. The molecule has 0 spiro atoms. The Morgan fingerprint density at radius 2 is 0.913 bits per heavy atom. The minimum absolute atomic E-state index is 0.000231. The first-order valence-electron chi connectivity index (χ1n) is 13.3. The molecule has 11 nitrogen and oxygen atoms in total. The lowest BCUT2D eigenvalue weighted by Gasteiger charge is -2.07. The van der Waals surface area contributed by atoms with Crippen molar-refractivity contribution in [2.75, 3.05) is 22.9 Å². The van der Waals surface area contributed by atoms with E-state index >= 15 is 0 Å². The largest absolute Gasteiger partial charge is 0.508 e. The van der Waals surface area contributed by atoms with Crippen molar-refractivity contribution < 1.29 is 34.6 Å². The molecule has 0 aliphatic rings. The molecule has 0 aliphatic carbocycles. The summed E-state index contributed by atoms with van der Waals surface area (Å²) in [5.74, 6) is 0.0813. The summed E-state index contributed by atoms with van der Waals surface area (Å²) in [5.41, 5.74) is 24.5. The molecule has 0 heterocycles. The van der Waals surface area contributed by atoms with Gasteiger partial charge in [-0.15, -0.1) is 0 Å². The molecule has 0 atom stereocenters. The Hall–Kier alpha value is -5.34. The molecule has 13 heteroatoms. The van der Waals surface area contributed by atoms with Gasteiger partial charge in [0.25, 0.3) is 0 Å². The second kappa shape index (κ2) is 16.1. The van der Waals surface area contributed by atoms with Crippen LogP contribution in [0.25, 0.3) is 21.5 Å². The van der Waals surface area contributed by atoms with Crippen molar-refractivity contribution in [3.63, 3.8) is 0 Å². The number of rotatable bonds is 2. The quantitative estimate of drug-likeness (QED) is 0.0376. The number of phenolic OH excluding ortho intramolecular Hbond substituents is 5. The number of anilines is 4. The lowest BCUT2D eigenvalue weighted by atomic mass is 10.1. The van der Waals surface area contributed by atoms with Gasteiger partial charge in [0, 0.05) is 50.7 Å². The third kappa shape index (κ3) is 8.86. The zero-order valence-corrected chi connectivity index (χ0v) is 26.1. The van der Waals surface area contributed by atoms with Gasteiger partial charge >= 0.3 is 0 Å². The van der Waals surface area contributed by atoms with E-state index in [9.17, 15) is 10.2 Å². The third-order valence-electron chi connectivity index (χ3n) is 6.45. The average Bonchev–Trinajstić information content (AvgIpc) is 3.05. The molecule has 0 amide bonds. The van der Waals surface area contributed by atoms with Crippen LogP contribution in [0.2, 0.25) is 0 Å². The van der Waals surface area contributed by atoms with Crippen molar-refractivity contribution >= 4 is 68.4 Å². The smallest absolute Gasteiger partial charge is 0.142 e. The number of benzene rings is 6. The molecule has 46 heavy (non-hydrogen) atoms. The fourth-order valence-corrected chi connectivity index (χ4v) is 4.94. The van der Waals surface area contributed by atoms with Gasteiger partial charge in [0.1, 0.15) is 28.7 Å². The van der Waals surface area contributed by atoms with E-state index in [0.29, 0.717) is 50.9 Å². The number of hydrogen-bond acceptors (Lipinski definition) is 13. The van der Waals surface area contributed by atoms with Crippen LogP contribution in [0, 0.1) is 6.92 Å². The molecule has 0 unspecified atom stereocenters. The van der Waals surface area contributed by atoms with E-state index < -0.39 is 0 Å². The second-order valence-electron chi connectivity index (χ2n) is 9.69. The van der Waals surface area contributed by atoms with Gasteiger partial charge in [-0.05, 0) is 59.7 Å². The molecular formula is C33H34N4O7S2. The van der Waals surface area contributed by atoms with Crippen molar-refractivity contribution in [1.29, 1.82) is 0 Å². The highest BCUT2D eigenvalue weighted by molar-refractivity contribution is 7.94. The lowest BCUT2D eigenvalue weighted by molar-refractivity contribution is 0.452.